The summed E-state index contributed by atoms with van der Waals surface area (Å²) in [5.41, 5.74) is 3.53. The lowest BCUT2D eigenvalue weighted by Crippen LogP contribution is -2.29. The molecule has 0 bridgehead atoms. The van der Waals surface area contributed by atoms with Crippen molar-refractivity contribution in [3.05, 3.63) is 53.7 Å². The number of carbonyl (C=O) groups is 1. The minimum absolute atomic E-state index is 0.0318. The van der Waals surface area contributed by atoms with Crippen LogP contribution in [-0.4, -0.2) is 42.9 Å². The van der Waals surface area contributed by atoms with Gasteiger partial charge in [-0.2, -0.15) is 0 Å². The molecule has 6 heteroatoms. The second-order valence-corrected chi connectivity index (χ2v) is 5.78. The van der Waals surface area contributed by atoms with Crippen LogP contribution >= 0.6 is 0 Å². The summed E-state index contributed by atoms with van der Waals surface area (Å²) in [7, 11) is 4.82. The van der Waals surface area contributed by atoms with Gasteiger partial charge in [0.15, 0.2) is 5.75 Å². The second-order valence-electron chi connectivity index (χ2n) is 5.78. The predicted molar refractivity (Wildman–Crippen MR) is 101 cm³/mol. The van der Waals surface area contributed by atoms with E-state index in [1.807, 2.05) is 43.3 Å². The summed E-state index contributed by atoms with van der Waals surface area (Å²) in [5, 5.41) is 0. The number of amidine groups is 1. The van der Waals surface area contributed by atoms with Gasteiger partial charge in [-0.05, 0) is 42.3 Å². The summed E-state index contributed by atoms with van der Waals surface area (Å²) in [6.07, 6.45) is 5.44. The molecule has 0 radical (unpaired) electrons. The van der Waals surface area contributed by atoms with Crippen molar-refractivity contribution < 1.29 is 14.3 Å². The summed E-state index contributed by atoms with van der Waals surface area (Å²) in [6.45, 7) is 2.40. The number of nitrogens with zero attached hydrogens (tertiary/aromatic N) is 3. The van der Waals surface area contributed by atoms with Gasteiger partial charge in [0.05, 0.1) is 20.8 Å². The van der Waals surface area contributed by atoms with Crippen molar-refractivity contribution in [2.45, 2.75) is 13.5 Å². The molecule has 6 nitrogen and oxygen atoms in total. The van der Waals surface area contributed by atoms with Crippen LogP contribution in [0.3, 0.4) is 0 Å². The Balaban J connectivity index is 1.96. The number of rotatable bonds is 4. The van der Waals surface area contributed by atoms with Crippen LogP contribution in [0.5, 0.6) is 11.6 Å². The molecule has 1 amide bonds. The highest BCUT2D eigenvalue weighted by atomic mass is 16.5. The number of hydrogen-bond donors (Lipinski definition) is 0. The van der Waals surface area contributed by atoms with E-state index in [2.05, 4.69) is 9.98 Å². The first-order valence-corrected chi connectivity index (χ1v) is 8.25. The monoisotopic (exact) mass is 351 g/mol. The molecule has 2 aromatic rings. The van der Waals surface area contributed by atoms with E-state index < -0.39 is 0 Å². The standard InChI is InChI=1S/C20H21N3O3/c1-5-6-18(21-2)23-12-15-9-13(7-8-16(15)20(23)24)14-10-17(25-3)19(26-4)22-11-14/h5-11H,12H2,1-4H3/b6-5-,21-18+. The molecule has 134 valence electrons. The van der Waals surface area contributed by atoms with Crippen molar-refractivity contribution >= 4 is 11.7 Å². The molecule has 1 aromatic carbocycles. The van der Waals surface area contributed by atoms with Crippen LogP contribution in [0.2, 0.25) is 0 Å². The Morgan fingerprint density at radius 2 is 2.04 bits per heavy atom. The number of hydrogen-bond acceptors (Lipinski definition) is 5. The molecular weight excluding hydrogens is 330 g/mol. The van der Waals surface area contributed by atoms with Gasteiger partial charge in [0.2, 0.25) is 0 Å². The maximum Gasteiger partial charge on any atom is 0.260 e. The molecule has 0 N–H and O–H groups in total. The molecular formula is C20H21N3O3. The molecule has 3 rings (SSSR count). The Bertz CT molecular complexity index is 903. The molecule has 2 heterocycles. The van der Waals surface area contributed by atoms with Crippen LogP contribution in [0, 0.1) is 0 Å². The van der Waals surface area contributed by atoms with Gasteiger partial charge in [0.1, 0.15) is 5.84 Å². The van der Waals surface area contributed by atoms with Gasteiger partial charge in [-0.15, -0.1) is 0 Å². The molecule has 0 unspecified atom stereocenters. The number of fused-ring (bicyclic) bond motifs is 1. The lowest BCUT2D eigenvalue weighted by molar-refractivity contribution is 0.0866. The number of aromatic nitrogens is 1. The lowest BCUT2D eigenvalue weighted by atomic mass is 10.0. The number of aliphatic imine (C=N–C) groups is 1. The molecule has 1 aliphatic rings. The van der Waals surface area contributed by atoms with Gasteiger partial charge in [-0.3, -0.25) is 14.7 Å². The maximum atomic E-state index is 12.7. The topological polar surface area (TPSA) is 64.0 Å². The summed E-state index contributed by atoms with van der Waals surface area (Å²) < 4.78 is 10.5. The minimum Gasteiger partial charge on any atom is -0.491 e. The highest BCUT2D eigenvalue weighted by molar-refractivity contribution is 6.12. The molecule has 0 fully saturated rings. The Labute approximate surface area is 152 Å². The smallest absolute Gasteiger partial charge is 0.260 e. The molecule has 0 saturated heterocycles. The van der Waals surface area contributed by atoms with Gasteiger partial charge in [0.25, 0.3) is 11.8 Å². The van der Waals surface area contributed by atoms with Crippen molar-refractivity contribution in [3.8, 4) is 22.8 Å². The average Bonchev–Trinajstić information content (AvgIpc) is 3.01. The first-order chi connectivity index (χ1) is 12.6. The SMILES string of the molecule is C/C=C\C(=N/C)N1Cc2cc(-c3cnc(OC)c(OC)c3)ccc2C1=O. The number of benzene rings is 1. The summed E-state index contributed by atoms with van der Waals surface area (Å²) in [4.78, 5) is 22.8. The number of allylic oxidation sites excluding steroid dienone is 1. The zero-order valence-corrected chi connectivity index (χ0v) is 15.3. The molecule has 0 aliphatic carbocycles. The first-order valence-electron chi connectivity index (χ1n) is 8.25. The zero-order valence-electron chi connectivity index (χ0n) is 15.3. The summed E-state index contributed by atoms with van der Waals surface area (Å²) >= 11 is 0. The van der Waals surface area contributed by atoms with Gasteiger partial charge in [0, 0.05) is 24.4 Å². The largest absolute Gasteiger partial charge is 0.491 e. The van der Waals surface area contributed by atoms with Crippen LogP contribution < -0.4 is 9.47 Å². The van der Waals surface area contributed by atoms with E-state index in [1.54, 1.807) is 32.4 Å². The Kier molecular flexibility index (Phi) is 5.02. The minimum atomic E-state index is -0.0318. The van der Waals surface area contributed by atoms with Crippen molar-refractivity contribution in [1.29, 1.82) is 0 Å². The van der Waals surface area contributed by atoms with E-state index in [4.69, 9.17) is 9.47 Å². The fraction of sp³-hybridized carbons (Fsp3) is 0.250. The van der Waals surface area contributed by atoms with Crippen molar-refractivity contribution in [2.75, 3.05) is 21.3 Å². The van der Waals surface area contributed by atoms with Crippen LogP contribution in [0.1, 0.15) is 22.8 Å². The summed E-state index contributed by atoms with van der Waals surface area (Å²) in [6, 6.07) is 7.66. The van der Waals surface area contributed by atoms with Crippen LogP contribution in [0.15, 0.2) is 47.6 Å². The van der Waals surface area contributed by atoms with E-state index in [0.717, 1.165) is 16.7 Å². The zero-order chi connectivity index (χ0) is 18.7. The van der Waals surface area contributed by atoms with Crippen LogP contribution in [0.25, 0.3) is 11.1 Å². The fourth-order valence-electron chi connectivity index (χ4n) is 3.01. The van der Waals surface area contributed by atoms with Crippen molar-refractivity contribution in [1.82, 2.24) is 9.88 Å². The van der Waals surface area contributed by atoms with E-state index in [1.165, 1.54) is 0 Å². The van der Waals surface area contributed by atoms with Gasteiger partial charge >= 0.3 is 0 Å². The van der Waals surface area contributed by atoms with Crippen LogP contribution in [-0.2, 0) is 6.54 Å². The number of methoxy groups -OCH3 is 2. The maximum absolute atomic E-state index is 12.7. The van der Waals surface area contributed by atoms with E-state index in [9.17, 15) is 4.79 Å². The third-order valence-corrected chi connectivity index (χ3v) is 4.30. The highest BCUT2D eigenvalue weighted by Crippen LogP contribution is 2.32. The molecule has 1 aromatic heterocycles. The number of pyridine rings is 1. The molecule has 26 heavy (non-hydrogen) atoms. The first kappa shape index (κ1) is 17.7. The number of carbonyl (C=O) groups excluding carboxylic acids is 1. The van der Waals surface area contributed by atoms with E-state index in [-0.39, 0.29) is 5.91 Å². The normalized spacial score (nSPS) is 14.1. The third-order valence-electron chi connectivity index (χ3n) is 4.30. The molecule has 0 spiro atoms. The Hall–Kier alpha value is -3.15. The number of ether oxygens (including phenoxy) is 2. The summed E-state index contributed by atoms with van der Waals surface area (Å²) in [5.74, 6) is 1.63. The van der Waals surface area contributed by atoms with Crippen molar-refractivity contribution in [2.24, 2.45) is 4.99 Å². The predicted octanol–water partition coefficient (Wildman–Crippen LogP) is 3.33. The second kappa shape index (κ2) is 7.39. The van der Waals surface area contributed by atoms with Crippen molar-refractivity contribution in [3.63, 3.8) is 0 Å². The van der Waals surface area contributed by atoms with Crippen LogP contribution in [0.4, 0.5) is 0 Å². The number of amides is 1. The lowest BCUT2D eigenvalue weighted by Gasteiger charge is -2.14. The van der Waals surface area contributed by atoms with Gasteiger partial charge in [-0.25, -0.2) is 4.98 Å². The Morgan fingerprint density at radius 3 is 2.69 bits per heavy atom. The quantitative estimate of drug-likeness (QED) is 0.626. The third kappa shape index (κ3) is 3.06. The molecule has 0 atom stereocenters. The van der Waals surface area contributed by atoms with E-state index in [0.29, 0.717) is 29.6 Å². The molecule has 1 aliphatic heterocycles. The molecule has 0 saturated carbocycles. The van der Waals surface area contributed by atoms with Gasteiger partial charge < -0.3 is 9.47 Å². The fourth-order valence-corrected chi connectivity index (χ4v) is 3.01. The highest BCUT2D eigenvalue weighted by Gasteiger charge is 2.29. The van der Waals surface area contributed by atoms with Gasteiger partial charge in [-0.1, -0.05) is 12.1 Å². The Morgan fingerprint density at radius 1 is 1.23 bits per heavy atom. The average molecular weight is 351 g/mol. The van der Waals surface area contributed by atoms with E-state index >= 15 is 0 Å².